The molecule has 0 fully saturated rings. The van der Waals surface area contributed by atoms with Crippen LogP contribution in [0.5, 0.6) is 0 Å². The van der Waals surface area contributed by atoms with Gasteiger partial charge in [-0.3, -0.25) is 0 Å². The second kappa shape index (κ2) is 16.3. The molecule has 0 atom stereocenters. The molecule has 55 heavy (non-hydrogen) atoms. The van der Waals surface area contributed by atoms with E-state index in [1.54, 1.807) is 6.07 Å². The molecule has 0 unspecified atom stereocenters. The number of fused-ring (bicyclic) bond motifs is 3. The van der Waals surface area contributed by atoms with Crippen molar-refractivity contribution >= 4 is 35.2 Å². The molecule has 9 aromatic rings. The number of aryl methyl sites for hydroxylation is 1. The van der Waals surface area contributed by atoms with Crippen LogP contribution in [0.3, 0.4) is 0 Å². The molecule has 5 heteroatoms. The van der Waals surface area contributed by atoms with E-state index in [0.717, 1.165) is 66.7 Å². The molecule has 0 saturated carbocycles. The molecule has 1 radical (unpaired) electrons. The first kappa shape index (κ1) is 33.8. The van der Waals surface area contributed by atoms with E-state index in [1.807, 2.05) is 91.3 Å². The first-order valence-electron chi connectivity index (χ1n) is 19.6. The smallest absolute Gasteiger partial charge is 0.121 e. The maximum Gasteiger partial charge on any atom is 0.121 e. The first-order chi connectivity index (χ1) is 27.5. The minimum Gasteiger partial charge on any atom is -0.501 e. The number of pyridine rings is 2. The van der Waals surface area contributed by atoms with Crippen molar-refractivity contribution in [3.63, 3.8) is 0 Å². The maximum atomic E-state index is 7.84. The van der Waals surface area contributed by atoms with E-state index < -0.39 is 14.9 Å². The zero-order valence-electron chi connectivity index (χ0n) is 33.8. The third kappa shape index (κ3) is 8.20. The van der Waals surface area contributed by atoms with E-state index in [2.05, 4.69) is 115 Å². The normalized spacial score (nSPS) is 12.2. The topological polar surface area (TPSA) is 38.9 Å². The molecule has 0 bridgehead atoms. The Hall–Kier alpha value is -5.71. The van der Waals surface area contributed by atoms with Gasteiger partial charge in [0, 0.05) is 42.0 Å². The van der Waals surface area contributed by atoms with Gasteiger partial charge >= 0.3 is 0 Å². The Morgan fingerprint density at radius 1 is 0.600 bits per heavy atom. The zero-order chi connectivity index (χ0) is 39.6. The van der Waals surface area contributed by atoms with Gasteiger partial charge in [-0.25, -0.2) is 0 Å². The van der Waals surface area contributed by atoms with Gasteiger partial charge in [0.2, 0.25) is 0 Å². The molecular weight excluding hydrogens is 865 g/mol. The summed E-state index contributed by atoms with van der Waals surface area (Å²) in [4.78, 5) is 9.23. The van der Waals surface area contributed by atoms with Crippen LogP contribution < -0.4 is 5.19 Å². The average molecular weight is 908 g/mol. The summed E-state index contributed by atoms with van der Waals surface area (Å²) in [5.41, 5.74) is 11.5. The Labute approximate surface area is 342 Å². The molecule has 6 aromatic carbocycles. The van der Waals surface area contributed by atoms with Crippen molar-refractivity contribution in [2.75, 3.05) is 0 Å². The summed E-state index contributed by atoms with van der Waals surface area (Å²) in [6, 6.07) is 58.9. The minimum atomic E-state index is -2.19. The summed E-state index contributed by atoms with van der Waals surface area (Å²) in [6.45, 7) is 4.67. The van der Waals surface area contributed by atoms with Crippen LogP contribution in [0.2, 0.25) is 19.6 Å². The summed E-state index contributed by atoms with van der Waals surface area (Å²) in [7, 11) is -1.40. The van der Waals surface area contributed by atoms with Crippen molar-refractivity contribution in [3.05, 3.63) is 188 Å². The molecule has 3 heterocycles. The Balaban J connectivity index is 0.000000177. The predicted octanol–water partition coefficient (Wildman–Crippen LogP) is 12.8. The molecule has 0 saturated heterocycles. The van der Waals surface area contributed by atoms with Crippen LogP contribution in [0.25, 0.3) is 77.8 Å². The van der Waals surface area contributed by atoms with Gasteiger partial charge in [0.25, 0.3) is 0 Å². The standard InChI is InChI=1S/C29H18NO.C21H22NSi.Ir/c1-3-8-20(9-4-1)22-14-15-24-25-12-7-13-26(29(25)31-28(24)19-22)27-18-23(16-17-30-27)21-10-5-2-6-11-21;1-16-10-11-18(14-20(16)17-8-6-5-7-9-17)21-13-12-19(15-22-21)23(2,3)4;/h1-12,14-19H;5-10,12-15H,1-4H3;/q2*-1;/i;1D3;. The summed E-state index contributed by atoms with van der Waals surface area (Å²) < 4.78 is 29.9. The Morgan fingerprint density at radius 3 is 1.91 bits per heavy atom. The van der Waals surface area contributed by atoms with Gasteiger partial charge in [-0.05, 0) is 56.5 Å². The number of hydrogen-bond donors (Lipinski definition) is 0. The Kier molecular flexibility index (Phi) is 10.0. The molecule has 3 nitrogen and oxygen atoms in total. The molecule has 0 N–H and O–H groups in total. The van der Waals surface area contributed by atoms with Gasteiger partial charge in [-0.1, -0.05) is 164 Å². The van der Waals surface area contributed by atoms with Crippen molar-refractivity contribution in [1.29, 1.82) is 0 Å². The van der Waals surface area contributed by atoms with E-state index in [4.69, 9.17) is 8.53 Å². The molecule has 0 aliphatic rings. The molecule has 3 aromatic heterocycles. The summed E-state index contributed by atoms with van der Waals surface area (Å²) in [6.07, 6.45) is 3.79. The number of hydrogen-bond acceptors (Lipinski definition) is 3. The van der Waals surface area contributed by atoms with Gasteiger partial charge < -0.3 is 14.4 Å². The number of benzene rings is 6. The van der Waals surface area contributed by atoms with E-state index in [0.29, 0.717) is 11.1 Å². The molecule has 0 aliphatic heterocycles. The summed E-state index contributed by atoms with van der Waals surface area (Å²) in [5, 5.41) is 3.48. The Bertz CT molecular complexity index is 2800. The third-order valence-corrected chi connectivity index (χ3v) is 11.6. The van der Waals surface area contributed by atoms with Crippen molar-refractivity contribution < 1.29 is 28.6 Å². The second-order valence-electron chi connectivity index (χ2n) is 14.3. The van der Waals surface area contributed by atoms with Gasteiger partial charge in [0.1, 0.15) is 5.58 Å². The van der Waals surface area contributed by atoms with Crippen molar-refractivity contribution in [2.24, 2.45) is 0 Å². The maximum absolute atomic E-state index is 7.84. The Morgan fingerprint density at radius 2 is 1.27 bits per heavy atom. The number of furan rings is 1. The van der Waals surface area contributed by atoms with E-state index in [-0.39, 0.29) is 20.1 Å². The van der Waals surface area contributed by atoms with Crippen molar-refractivity contribution in [1.82, 2.24) is 9.97 Å². The molecule has 9 rings (SSSR count). The van der Waals surface area contributed by atoms with Crippen LogP contribution in [0, 0.1) is 19.0 Å². The van der Waals surface area contributed by atoms with E-state index in [1.165, 1.54) is 10.8 Å². The van der Waals surface area contributed by atoms with E-state index >= 15 is 0 Å². The average Bonchev–Trinajstić information content (AvgIpc) is 3.62. The molecule has 0 spiro atoms. The van der Waals surface area contributed by atoms with Gasteiger partial charge in [0.15, 0.2) is 0 Å². The van der Waals surface area contributed by atoms with Crippen LogP contribution in [-0.2, 0) is 20.1 Å². The second-order valence-corrected chi connectivity index (χ2v) is 19.4. The predicted molar refractivity (Wildman–Crippen MR) is 228 cm³/mol. The fourth-order valence-corrected chi connectivity index (χ4v) is 7.65. The number of rotatable bonds is 6. The largest absolute Gasteiger partial charge is 0.501 e. The summed E-state index contributed by atoms with van der Waals surface area (Å²) in [5.74, 6) is 0. The number of aromatic nitrogens is 2. The van der Waals surface area contributed by atoms with Crippen LogP contribution >= 0.6 is 0 Å². The van der Waals surface area contributed by atoms with Crippen LogP contribution in [0.15, 0.2) is 175 Å². The molecule has 271 valence electrons. The van der Waals surface area contributed by atoms with Gasteiger partial charge in [0.05, 0.1) is 13.7 Å². The SMILES string of the molecule is [2H]C([2H])([2H])c1c[c-]c(-c2ccc([Si](C)(C)C)cn2)cc1-c1ccccc1.[Ir].[c-]1ccc2c(oc3cc(-c4ccccc4)ccc32)c1-c1cc(-c2ccccc2)ccn1. The van der Waals surface area contributed by atoms with Gasteiger partial charge in [-0.15, -0.1) is 47.5 Å². The first-order valence-corrected chi connectivity index (χ1v) is 21.6. The minimum absolute atomic E-state index is 0. The molecule has 0 amide bonds. The van der Waals surface area contributed by atoms with E-state index in [9.17, 15) is 0 Å². The van der Waals surface area contributed by atoms with Gasteiger partial charge in [-0.2, -0.15) is 0 Å². The van der Waals surface area contributed by atoms with Crippen LogP contribution in [0.4, 0.5) is 0 Å². The molecule has 0 aliphatic carbocycles. The molecular formula is C50H40IrN2OSi-2. The fraction of sp³-hybridized carbons (Fsp3) is 0.0800. The zero-order valence-corrected chi connectivity index (χ0v) is 34.2. The van der Waals surface area contributed by atoms with Crippen LogP contribution in [0.1, 0.15) is 9.68 Å². The van der Waals surface area contributed by atoms with Crippen molar-refractivity contribution in [3.8, 4) is 55.9 Å². The fourth-order valence-electron chi connectivity index (χ4n) is 6.61. The summed E-state index contributed by atoms with van der Waals surface area (Å²) >= 11 is 0. The monoisotopic (exact) mass is 908 g/mol. The van der Waals surface area contributed by atoms with Crippen LogP contribution in [-0.4, -0.2) is 18.0 Å². The quantitative estimate of drug-likeness (QED) is 0.123. The third-order valence-electron chi connectivity index (χ3n) is 9.60. The number of nitrogens with zero attached hydrogens (tertiary/aromatic N) is 2. The van der Waals surface area contributed by atoms with Crippen molar-refractivity contribution in [2.45, 2.75) is 26.5 Å².